The Morgan fingerprint density at radius 3 is 2.49 bits per heavy atom. The van der Waals surface area contributed by atoms with E-state index in [1.807, 2.05) is 48.5 Å². The highest BCUT2D eigenvalue weighted by Crippen LogP contribution is 2.38. The number of amides is 2. The van der Waals surface area contributed by atoms with Gasteiger partial charge in [0.05, 0.1) is 18.1 Å². The number of carbonyl (C=O) groups excluding carboxylic acids is 3. The van der Waals surface area contributed by atoms with Gasteiger partial charge in [0, 0.05) is 43.2 Å². The quantitative estimate of drug-likeness (QED) is 0.432. The fourth-order valence-electron chi connectivity index (χ4n) is 4.89. The summed E-state index contributed by atoms with van der Waals surface area (Å²) >= 11 is 1.44. The van der Waals surface area contributed by atoms with E-state index in [1.54, 1.807) is 11.8 Å². The van der Waals surface area contributed by atoms with E-state index in [0.717, 1.165) is 29.2 Å². The third kappa shape index (κ3) is 5.87. The van der Waals surface area contributed by atoms with Crippen molar-refractivity contribution in [1.29, 1.82) is 0 Å². The molecule has 2 aliphatic heterocycles. The Morgan fingerprint density at radius 1 is 1.08 bits per heavy atom. The van der Waals surface area contributed by atoms with Crippen LogP contribution in [0.2, 0.25) is 0 Å². The van der Waals surface area contributed by atoms with Crippen molar-refractivity contribution in [1.82, 2.24) is 4.90 Å². The van der Waals surface area contributed by atoms with Crippen LogP contribution in [-0.4, -0.2) is 42.4 Å². The number of hydrogen-bond acceptors (Lipinski definition) is 6. The molecule has 194 valence electrons. The highest BCUT2D eigenvalue weighted by molar-refractivity contribution is 7.17. The largest absolute Gasteiger partial charge is 0.462 e. The first-order valence-electron chi connectivity index (χ1n) is 12.3. The number of ether oxygens (including phenoxy) is 1. The van der Waals surface area contributed by atoms with Gasteiger partial charge < -0.3 is 15.0 Å². The second-order valence-electron chi connectivity index (χ2n) is 9.10. The van der Waals surface area contributed by atoms with E-state index in [-0.39, 0.29) is 37.2 Å². The molecule has 1 unspecified atom stereocenters. The number of carbonyl (C=O) groups is 3. The molecule has 1 atom stereocenters. The van der Waals surface area contributed by atoms with Crippen LogP contribution in [0.25, 0.3) is 0 Å². The number of hydrogen-bond donors (Lipinski definition) is 1. The van der Waals surface area contributed by atoms with E-state index < -0.39 is 11.9 Å². The van der Waals surface area contributed by atoms with Crippen molar-refractivity contribution in [2.45, 2.75) is 32.9 Å². The Kier molecular flexibility index (Phi) is 8.63. The Hall–Kier alpha value is -3.20. The molecule has 1 N–H and O–H groups in total. The van der Waals surface area contributed by atoms with Crippen LogP contribution in [0.5, 0.6) is 0 Å². The molecule has 5 rings (SSSR count). The number of para-hydroxylation sites is 1. The summed E-state index contributed by atoms with van der Waals surface area (Å²) in [4.78, 5) is 43.9. The van der Waals surface area contributed by atoms with Gasteiger partial charge in [0.1, 0.15) is 5.00 Å². The lowest BCUT2D eigenvalue weighted by atomic mass is 10.0. The summed E-state index contributed by atoms with van der Waals surface area (Å²) in [6.07, 6.45) is 0.859. The molecule has 1 aromatic heterocycles. The third-order valence-corrected chi connectivity index (χ3v) is 7.80. The Labute approximate surface area is 226 Å². The van der Waals surface area contributed by atoms with Gasteiger partial charge in [0.25, 0.3) is 0 Å². The van der Waals surface area contributed by atoms with Crippen LogP contribution in [0.4, 0.5) is 10.7 Å². The highest BCUT2D eigenvalue weighted by atomic mass is 35.5. The second kappa shape index (κ2) is 11.9. The molecule has 7 nitrogen and oxygen atoms in total. The van der Waals surface area contributed by atoms with Crippen LogP contribution < -0.4 is 10.2 Å². The minimum absolute atomic E-state index is 0. The average molecular weight is 540 g/mol. The Morgan fingerprint density at radius 2 is 1.78 bits per heavy atom. The number of esters is 1. The fraction of sp³-hybridized carbons (Fsp3) is 0.321. The smallest absolute Gasteiger partial charge is 0.341 e. The molecule has 2 amide bonds. The van der Waals surface area contributed by atoms with Gasteiger partial charge in [0.2, 0.25) is 11.8 Å². The Bertz CT molecular complexity index is 1270. The van der Waals surface area contributed by atoms with Gasteiger partial charge in [-0.05, 0) is 36.6 Å². The molecular formula is C28H30ClN3O4S. The minimum Gasteiger partial charge on any atom is -0.462 e. The van der Waals surface area contributed by atoms with Crippen molar-refractivity contribution in [2.75, 3.05) is 29.9 Å². The van der Waals surface area contributed by atoms with E-state index in [2.05, 4.69) is 22.3 Å². The molecule has 0 aliphatic carbocycles. The topological polar surface area (TPSA) is 78.9 Å². The van der Waals surface area contributed by atoms with Crippen LogP contribution in [0, 0.1) is 5.92 Å². The van der Waals surface area contributed by atoms with Gasteiger partial charge in [-0.2, -0.15) is 0 Å². The predicted octanol–water partition coefficient (Wildman–Crippen LogP) is 4.90. The summed E-state index contributed by atoms with van der Waals surface area (Å²) in [6.45, 7) is 4.72. The van der Waals surface area contributed by atoms with Crippen LogP contribution in [0.15, 0.2) is 60.7 Å². The molecule has 3 heterocycles. The van der Waals surface area contributed by atoms with E-state index in [1.165, 1.54) is 16.9 Å². The number of halogens is 1. The summed E-state index contributed by atoms with van der Waals surface area (Å²) in [6, 6.07) is 19.7. The summed E-state index contributed by atoms with van der Waals surface area (Å²) in [5.74, 6) is -1.21. The number of thiophene rings is 1. The van der Waals surface area contributed by atoms with Gasteiger partial charge in [0.15, 0.2) is 0 Å². The van der Waals surface area contributed by atoms with Gasteiger partial charge in [-0.3, -0.25) is 14.5 Å². The molecule has 9 heteroatoms. The number of nitrogens with zero attached hydrogens (tertiary/aromatic N) is 2. The van der Waals surface area contributed by atoms with Crippen molar-refractivity contribution in [2.24, 2.45) is 5.92 Å². The monoisotopic (exact) mass is 539 g/mol. The molecule has 0 saturated carbocycles. The SMILES string of the molecule is CCOC(=O)c1c(NC(=O)C2CC(=O)N(c3ccccc3)C2)sc2c1CCN(Cc1ccccc1)C2.Cl. The summed E-state index contributed by atoms with van der Waals surface area (Å²) < 4.78 is 5.36. The Balaban J connectivity index is 0.00000320. The third-order valence-electron chi connectivity index (χ3n) is 6.66. The van der Waals surface area contributed by atoms with E-state index >= 15 is 0 Å². The molecule has 37 heavy (non-hydrogen) atoms. The maximum atomic E-state index is 13.2. The predicted molar refractivity (Wildman–Crippen MR) is 147 cm³/mol. The zero-order valence-electron chi connectivity index (χ0n) is 20.6. The van der Waals surface area contributed by atoms with Crippen LogP contribution in [0.3, 0.4) is 0 Å². The molecule has 0 radical (unpaired) electrons. The van der Waals surface area contributed by atoms with E-state index in [9.17, 15) is 14.4 Å². The van der Waals surface area contributed by atoms with Gasteiger partial charge >= 0.3 is 5.97 Å². The van der Waals surface area contributed by atoms with Crippen molar-refractivity contribution in [3.63, 3.8) is 0 Å². The van der Waals surface area contributed by atoms with Crippen LogP contribution >= 0.6 is 23.7 Å². The molecule has 2 aliphatic rings. The van der Waals surface area contributed by atoms with Gasteiger partial charge in [-0.25, -0.2) is 4.79 Å². The van der Waals surface area contributed by atoms with Crippen molar-refractivity contribution < 1.29 is 19.1 Å². The summed E-state index contributed by atoms with van der Waals surface area (Å²) in [5, 5.41) is 3.51. The minimum atomic E-state index is -0.485. The lowest BCUT2D eigenvalue weighted by Gasteiger charge is -2.27. The highest BCUT2D eigenvalue weighted by Gasteiger charge is 2.37. The maximum Gasteiger partial charge on any atom is 0.341 e. The molecule has 1 saturated heterocycles. The first-order valence-corrected chi connectivity index (χ1v) is 13.1. The fourth-order valence-corrected chi connectivity index (χ4v) is 6.18. The van der Waals surface area contributed by atoms with Crippen molar-refractivity contribution in [3.8, 4) is 0 Å². The lowest BCUT2D eigenvalue weighted by Crippen LogP contribution is -2.30. The van der Waals surface area contributed by atoms with Crippen LogP contribution in [-0.2, 0) is 33.8 Å². The van der Waals surface area contributed by atoms with Gasteiger partial charge in [-0.1, -0.05) is 48.5 Å². The lowest BCUT2D eigenvalue weighted by molar-refractivity contribution is -0.122. The van der Waals surface area contributed by atoms with Crippen LogP contribution in [0.1, 0.15) is 39.7 Å². The number of fused-ring (bicyclic) bond motifs is 1. The molecular weight excluding hydrogens is 510 g/mol. The average Bonchev–Trinajstić information content (AvgIpc) is 3.45. The van der Waals surface area contributed by atoms with Crippen molar-refractivity contribution in [3.05, 3.63) is 82.2 Å². The number of benzene rings is 2. The van der Waals surface area contributed by atoms with E-state index in [0.29, 0.717) is 30.1 Å². The standard InChI is InChI=1S/C28H29N3O4S.ClH/c1-2-35-28(34)25-22-13-14-30(16-19-9-5-3-6-10-19)18-23(22)36-27(25)29-26(33)20-15-24(32)31(17-20)21-11-7-4-8-12-21;/h3-12,20H,2,13-18H2,1H3,(H,29,33);1H. The van der Waals surface area contributed by atoms with Gasteiger partial charge in [-0.15, -0.1) is 23.7 Å². The molecule has 3 aromatic rings. The second-order valence-corrected chi connectivity index (χ2v) is 10.2. The summed E-state index contributed by atoms with van der Waals surface area (Å²) in [5.41, 5.74) is 3.46. The first kappa shape index (κ1) is 26.9. The zero-order chi connectivity index (χ0) is 25.1. The van der Waals surface area contributed by atoms with E-state index in [4.69, 9.17) is 4.74 Å². The molecule has 0 bridgehead atoms. The van der Waals surface area contributed by atoms with Crippen molar-refractivity contribution >= 4 is 52.2 Å². The summed E-state index contributed by atoms with van der Waals surface area (Å²) in [7, 11) is 0. The molecule has 1 fully saturated rings. The zero-order valence-corrected chi connectivity index (χ0v) is 22.3. The molecule has 2 aromatic carbocycles. The normalized spacial score (nSPS) is 17.2. The number of anilines is 2. The maximum absolute atomic E-state index is 13.2. The number of nitrogens with one attached hydrogen (secondary N) is 1. The number of rotatable bonds is 7. The molecule has 0 spiro atoms. The first-order chi connectivity index (χ1) is 17.5.